The van der Waals surface area contributed by atoms with E-state index < -0.39 is 0 Å². The number of nitrogens with zero attached hydrogens (tertiary/aromatic N) is 3. The Hall–Kier alpha value is -0.860. The first-order valence-corrected chi connectivity index (χ1v) is 11.4. The molecule has 2 N–H and O–H groups in total. The van der Waals surface area contributed by atoms with Crippen LogP contribution < -0.4 is 10.6 Å². The number of rotatable bonds is 9. The van der Waals surface area contributed by atoms with Crippen molar-refractivity contribution < 1.29 is 0 Å². The maximum atomic E-state index is 4.44. The Morgan fingerprint density at radius 1 is 1.07 bits per heavy atom. The second-order valence-corrected chi connectivity index (χ2v) is 8.82. The Bertz CT molecular complexity index is 589. The molecule has 1 fully saturated rings. The van der Waals surface area contributed by atoms with Gasteiger partial charge in [0.25, 0.3) is 0 Å². The molecule has 6 heteroatoms. The van der Waals surface area contributed by atoms with Crippen LogP contribution in [0.15, 0.2) is 35.3 Å². The van der Waals surface area contributed by atoms with Crippen molar-refractivity contribution in [2.75, 3.05) is 33.2 Å². The maximum Gasteiger partial charge on any atom is 0.191 e. The molecule has 172 valence electrons. The van der Waals surface area contributed by atoms with Crippen molar-refractivity contribution in [2.24, 2.45) is 4.99 Å². The summed E-state index contributed by atoms with van der Waals surface area (Å²) in [5.74, 6) is 0.945. The van der Waals surface area contributed by atoms with Crippen LogP contribution in [0.1, 0.15) is 65.5 Å². The van der Waals surface area contributed by atoms with Gasteiger partial charge in [0.05, 0.1) is 0 Å². The highest BCUT2D eigenvalue weighted by Crippen LogP contribution is 2.23. The number of nitrogens with one attached hydrogen (secondary N) is 2. The van der Waals surface area contributed by atoms with Crippen molar-refractivity contribution in [3.63, 3.8) is 0 Å². The summed E-state index contributed by atoms with van der Waals surface area (Å²) in [6.07, 6.45) is 3.45. The van der Waals surface area contributed by atoms with Crippen LogP contribution >= 0.6 is 24.0 Å². The lowest BCUT2D eigenvalue weighted by Crippen LogP contribution is -2.49. The van der Waals surface area contributed by atoms with Crippen LogP contribution in [-0.2, 0) is 0 Å². The highest BCUT2D eigenvalue weighted by atomic mass is 127. The third kappa shape index (κ3) is 8.71. The second kappa shape index (κ2) is 14.2. The molecule has 1 aliphatic rings. The van der Waals surface area contributed by atoms with Gasteiger partial charge < -0.3 is 10.6 Å². The van der Waals surface area contributed by atoms with E-state index in [9.17, 15) is 0 Å². The zero-order valence-electron chi connectivity index (χ0n) is 19.9. The van der Waals surface area contributed by atoms with Gasteiger partial charge in [-0.05, 0) is 59.4 Å². The number of halogens is 1. The van der Waals surface area contributed by atoms with Gasteiger partial charge in [-0.25, -0.2) is 0 Å². The van der Waals surface area contributed by atoms with E-state index >= 15 is 0 Å². The van der Waals surface area contributed by atoms with Crippen LogP contribution in [0.3, 0.4) is 0 Å². The monoisotopic (exact) mass is 529 g/mol. The molecule has 1 unspecified atom stereocenters. The van der Waals surface area contributed by atoms with Crippen LogP contribution in [0.2, 0.25) is 0 Å². The van der Waals surface area contributed by atoms with Crippen LogP contribution in [-0.4, -0.2) is 67.1 Å². The van der Waals surface area contributed by atoms with Crippen LogP contribution in [0.4, 0.5) is 0 Å². The van der Waals surface area contributed by atoms with Crippen LogP contribution in [0, 0.1) is 0 Å². The van der Waals surface area contributed by atoms with E-state index in [-0.39, 0.29) is 24.0 Å². The highest BCUT2D eigenvalue weighted by Gasteiger charge is 2.24. The predicted molar refractivity (Wildman–Crippen MR) is 141 cm³/mol. The summed E-state index contributed by atoms with van der Waals surface area (Å²) < 4.78 is 0. The number of benzene rings is 1. The Morgan fingerprint density at radius 3 is 2.20 bits per heavy atom. The SMILES string of the molecule is CN=C(NCCCN(C(C)C)C(C)C)NC1CCN(C(C)c2ccccc2)CC1.I. The molecule has 30 heavy (non-hydrogen) atoms. The smallest absolute Gasteiger partial charge is 0.191 e. The molecule has 0 amide bonds. The summed E-state index contributed by atoms with van der Waals surface area (Å²) in [6, 6.07) is 13.0. The summed E-state index contributed by atoms with van der Waals surface area (Å²) in [6.45, 7) is 15.8. The Kier molecular flexibility index (Phi) is 12.9. The van der Waals surface area contributed by atoms with Crippen molar-refractivity contribution in [2.45, 2.75) is 78.0 Å². The van der Waals surface area contributed by atoms with E-state index in [1.807, 2.05) is 7.05 Å². The van der Waals surface area contributed by atoms with Gasteiger partial charge in [-0.2, -0.15) is 0 Å². The molecule has 0 radical (unpaired) electrons. The molecule has 1 aliphatic heterocycles. The topological polar surface area (TPSA) is 42.9 Å². The van der Waals surface area contributed by atoms with Crippen LogP contribution in [0.5, 0.6) is 0 Å². The van der Waals surface area contributed by atoms with Crippen molar-refractivity contribution in [3.8, 4) is 0 Å². The summed E-state index contributed by atoms with van der Waals surface area (Å²) in [4.78, 5) is 9.57. The molecular weight excluding hydrogens is 485 g/mol. The van der Waals surface area contributed by atoms with Gasteiger partial charge in [-0.1, -0.05) is 30.3 Å². The first-order valence-electron chi connectivity index (χ1n) is 11.4. The molecule has 0 spiro atoms. The molecule has 1 atom stereocenters. The van der Waals surface area contributed by atoms with E-state index in [0.717, 1.165) is 51.4 Å². The normalized spacial score (nSPS) is 17.3. The van der Waals surface area contributed by atoms with Crippen molar-refractivity contribution >= 4 is 29.9 Å². The van der Waals surface area contributed by atoms with E-state index in [1.165, 1.54) is 5.56 Å². The minimum atomic E-state index is 0. The molecule has 0 aliphatic carbocycles. The Labute approximate surface area is 202 Å². The zero-order valence-corrected chi connectivity index (χ0v) is 22.2. The Morgan fingerprint density at radius 2 is 1.67 bits per heavy atom. The average Bonchev–Trinajstić information content (AvgIpc) is 2.72. The zero-order chi connectivity index (χ0) is 21.2. The van der Waals surface area contributed by atoms with Crippen molar-refractivity contribution in [3.05, 3.63) is 35.9 Å². The molecule has 1 aromatic carbocycles. The summed E-state index contributed by atoms with van der Waals surface area (Å²) >= 11 is 0. The number of aliphatic imine (C=N–C) groups is 1. The molecule has 2 rings (SSSR count). The number of hydrogen-bond donors (Lipinski definition) is 2. The molecule has 0 aromatic heterocycles. The molecule has 5 nitrogen and oxygen atoms in total. The average molecular weight is 530 g/mol. The Balaban J connectivity index is 0.00000450. The predicted octanol–water partition coefficient (Wildman–Crippen LogP) is 4.50. The molecule has 0 saturated carbocycles. The maximum absolute atomic E-state index is 4.44. The second-order valence-electron chi connectivity index (χ2n) is 8.82. The summed E-state index contributed by atoms with van der Waals surface area (Å²) in [5.41, 5.74) is 1.41. The number of guanidine groups is 1. The fraction of sp³-hybridized carbons (Fsp3) is 0.708. The van der Waals surface area contributed by atoms with Crippen LogP contribution in [0.25, 0.3) is 0 Å². The minimum Gasteiger partial charge on any atom is -0.356 e. The molecule has 1 saturated heterocycles. The van der Waals surface area contributed by atoms with Gasteiger partial charge in [-0.15, -0.1) is 24.0 Å². The standard InChI is InChI=1S/C24H43N5.HI/c1-19(2)29(20(3)4)16-10-15-26-24(25-6)27-23-13-17-28(18-14-23)21(5)22-11-8-7-9-12-22;/h7-9,11-12,19-21,23H,10,13-18H2,1-6H3,(H2,25,26,27);1H. The minimum absolute atomic E-state index is 0. The third-order valence-electron chi connectivity index (χ3n) is 6.14. The van der Waals surface area contributed by atoms with Crippen molar-refractivity contribution in [1.82, 2.24) is 20.4 Å². The van der Waals surface area contributed by atoms with E-state index in [1.54, 1.807) is 0 Å². The van der Waals surface area contributed by atoms with Gasteiger partial charge in [0, 0.05) is 57.4 Å². The van der Waals surface area contributed by atoms with Gasteiger partial charge >= 0.3 is 0 Å². The van der Waals surface area contributed by atoms with Crippen molar-refractivity contribution in [1.29, 1.82) is 0 Å². The lowest BCUT2D eigenvalue weighted by molar-refractivity contribution is 0.158. The third-order valence-corrected chi connectivity index (χ3v) is 6.14. The van der Waals surface area contributed by atoms with E-state index in [4.69, 9.17) is 0 Å². The molecule has 1 aromatic rings. The largest absolute Gasteiger partial charge is 0.356 e. The van der Waals surface area contributed by atoms with E-state index in [0.29, 0.717) is 24.2 Å². The van der Waals surface area contributed by atoms with Gasteiger partial charge in [0.2, 0.25) is 0 Å². The van der Waals surface area contributed by atoms with Gasteiger partial charge in [-0.3, -0.25) is 14.8 Å². The molecule has 0 bridgehead atoms. The first-order chi connectivity index (χ1) is 13.9. The number of piperidine rings is 1. The summed E-state index contributed by atoms with van der Waals surface area (Å²) in [7, 11) is 1.87. The molecular formula is C24H44IN5. The van der Waals surface area contributed by atoms with Gasteiger partial charge in [0.1, 0.15) is 0 Å². The van der Waals surface area contributed by atoms with E-state index in [2.05, 4.69) is 90.4 Å². The number of hydrogen-bond acceptors (Lipinski definition) is 3. The highest BCUT2D eigenvalue weighted by molar-refractivity contribution is 14.0. The quantitative estimate of drug-likeness (QED) is 0.214. The summed E-state index contributed by atoms with van der Waals surface area (Å²) in [5, 5.41) is 7.15. The fourth-order valence-corrected chi connectivity index (χ4v) is 4.34. The molecule has 1 heterocycles. The van der Waals surface area contributed by atoms with Gasteiger partial charge in [0.15, 0.2) is 5.96 Å². The fourth-order valence-electron chi connectivity index (χ4n) is 4.34. The lowest BCUT2D eigenvalue weighted by atomic mass is 10.0. The first kappa shape index (κ1) is 27.2. The number of likely N-dealkylation sites (tertiary alicyclic amines) is 1. The lowest BCUT2D eigenvalue weighted by Gasteiger charge is -2.37.